The number of anilines is 1. The molecule has 0 amide bonds. The van der Waals surface area contributed by atoms with Gasteiger partial charge in [0.05, 0.1) is 31.7 Å². The monoisotopic (exact) mass is 344 g/mol. The van der Waals surface area contributed by atoms with Crippen molar-refractivity contribution < 1.29 is 9.32 Å². The van der Waals surface area contributed by atoms with Gasteiger partial charge in [0.1, 0.15) is 0 Å². The molecule has 6 heteroatoms. The molecule has 0 spiro atoms. The number of rotatable bonds is 3. The fraction of sp³-hybridized carbons (Fsp3) is 0.278. The number of aromatic nitrogens is 1. The molecule has 1 aliphatic rings. The van der Waals surface area contributed by atoms with Crippen molar-refractivity contribution in [3.05, 3.63) is 64.1 Å². The van der Waals surface area contributed by atoms with E-state index in [1.165, 1.54) is 10.6 Å². The average molecular weight is 345 g/mol. The number of piperazine rings is 1. The molecule has 0 bridgehead atoms. The van der Waals surface area contributed by atoms with Gasteiger partial charge in [-0.2, -0.15) is 0 Å². The fourth-order valence-electron chi connectivity index (χ4n) is 3.29. The van der Waals surface area contributed by atoms with E-state index in [0.29, 0.717) is 17.3 Å². The molecule has 0 radical (unpaired) electrons. The van der Waals surface area contributed by atoms with Crippen LogP contribution in [0.3, 0.4) is 0 Å². The summed E-state index contributed by atoms with van der Waals surface area (Å²) in [5, 5.41) is 0.612. The first-order chi connectivity index (χ1) is 11.7. The summed E-state index contributed by atoms with van der Waals surface area (Å²) in [4.78, 5) is 15.9. The number of nitrogens with one attached hydrogen (secondary N) is 1. The van der Waals surface area contributed by atoms with E-state index in [0.717, 1.165) is 31.7 Å². The maximum Gasteiger partial charge on any atom is 0.424 e. The van der Waals surface area contributed by atoms with Crippen LogP contribution in [0.1, 0.15) is 0 Å². The summed E-state index contributed by atoms with van der Waals surface area (Å²) in [5.41, 5.74) is 2.62. The van der Waals surface area contributed by atoms with Gasteiger partial charge in [0.25, 0.3) is 0 Å². The molecule has 1 saturated heterocycles. The van der Waals surface area contributed by atoms with Crippen molar-refractivity contribution in [3.63, 3.8) is 0 Å². The number of hydrogen-bond acceptors (Lipinski definition) is 3. The van der Waals surface area contributed by atoms with Crippen LogP contribution < -0.4 is 15.6 Å². The van der Waals surface area contributed by atoms with Crippen LogP contribution in [0.5, 0.6) is 0 Å². The molecule has 2 heterocycles. The molecule has 1 N–H and O–H groups in total. The third kappa shape index (κ3) is 2.92. The van der Waals surface area contributed by atoms with Gasteiger partial charge >= 0.3 is 5.76 Å². The number of para-hydroxylation sites is 1. The highest BCUT2D eigenvalue weighted by Crippen LogP contribution is 2.18. The normalized spacial score (nSPS) is 16.0. The van der Waals surface area contributed by atoms with Crippen molar-refractivity contribution >= 4 is 28.4 Å². The molecule has 1 fully saturated rings. The van der Waals surface area contributed by atoms with E-state index in [1.807, 2.05) is 6.07 Å². The standard InChI is InChI=1S/C18H18ClN3O2/c19-14-6-7-17-16(12-14)22(18(23)24-17)13-20-8-10-21(11-9-20)15-4-2-1-3-5-15/h1-7,12H,8-11,13H2/p+1. The maximum absolute atomic E-state index is 12.1. The van der Waals surface area contributed by atoms with Gasteiger partial charge in [0, 0.05) is 10.7 Å². The van der Waals surface area contributed by atoms with Crippen molar-refractivity contribution in [1.29, 1.82) is 0 Å². The van der Waals surface area contributed by atoms with Gasteiger partial charge in [-0.15, -0.1) is 0 Å². The van der Waals surface area contributed by atoms with E-state index in [4.69, 9.17) is 16.0 Å². The Morgan fingerprint density at radius 1 is 1.08 bits per heavy atom. The first-order valence-electron chi connectivity index (χ1n) is 8.13. The quantitative estimate of drug-likeness (QED) is 0.785. The van der Waals surface area contributed by atoms with E-state index in [2.05, 4.69) is 29.2 Å². The summed E-state index contributed by atoms with van der Waals surface area (Å²) in [6.07, 6.45) is 0. The predicted molar refractivity (Wildman–Crippen MR) is 94.8 cm³/mol. The van der Waals surface area contributed by atoms with Crippen LogP contribution in [0.15, 0.2) is 57.7 Å². The molecular weight excluding hydrogens is 326 g/mol. The Hall–Kier alpha value is -2.24. The third-order valence-electron chi connectivity index (χ3n) is 4.60. The average Bonchev–Trinajstić information content (AvgIpc) is 2.92. The molecule has 5 nitrogen and oxygen atoms in total. The summed E-state index contributed by atoms with van der Waals surface area (Å²) >= 11 is 6.06. The lowest BCUT2D eigenvalue weighted by molar-refractivity contribution is -0.923. The van der Waals surface area contributed by atoms with Gasteiger partial charge in [0.2, 0.25) is 0 Å². The highest BCUT2D eigenvalue weighted by molar-refractivity contribution is 6.31. The third-order valence-corrected chi connectivity index (χ3v) is 4.84. The fourth-order valence-corrected chi connectivity index (χ4v) is 3.45. The van der Waals surface area contributed by atoms with E-state index < -0.39 is 0 Å². The van der Waals surface area contributed by atoms with Gasteiger partial charge in [-0.3, -0.25) is 0 Å². The van der Waals surface area contributed by atoms with Crippen molar-refractivity contribution in [2.75, 3.05) is 31.1 Å². The highest BCUT2D eigenvalue weighted by atomic mass is 35.5. The van der Waals surface area contributed by atoms with Crippen LogP contribution in [0, 0.1) is 0 Å². The second kappa shape index (κ2) is 6.34. The number of hydrogen-bond donors (Lipinski definition) is 1. The number of fused-ring (bicyclic) bond motifs is 1. The number of halogens is 1. The van der Waals surface area contributed by atoms with Gasteiger partial charge in [-0.05, 0) is 30.3 Å². The molecule has 124 valence electrons. The Bertz CT molecular complexity index is 896. The van der Waals surface area contributed by atoms with Crippen LogP contribution in [-0.2, 0) is 6.67 Å². The smallest absolute Gasteiger partial charge is 0.408 e. The molecule has 0 aliphatic carbocycles. The first-order valence-corrected chi connectivity index (χ1v) is 8.51. The molecule has 2 aromatic carbocycles. The summed E-state index contributed by atoms with van der Waals surface area (Å²) < 4.78 is 7.00. The minimum Gasteiger partial charge on any atom is -0.408 e. The predicted octanol–water partition coefficient (Wildman–Crippen LogP) is 1.61. The Balaban J connectivity index is 1.49. The van der Waals surface area contributed by atoms with E-state index in [-0.39, 0.29) is 5.76 Å². The summed E-state index contributed by atoms with van der Waals surface area (Å²) in [6.45, 7) is 4.52. The Kier molecular flexibility index (Phi) is 4.04. The van der Waals surface area contributed by atoms with Crippen LogP contribution in [0.4, 0.5) is 5.69 Å². The van der Waals surface area contributed by atoms with Gasteiger partial charge < -0.3 is 14.2 Å². The first kappa shape index (κ1) is 15.3. The molecule has 24 heavy (non-hydrogen) atoms. The van der Waals surface area contributed by atoms with Gasteiger partial charge in [-0.25, -0.2) is 9.36 Å². The van der Waals surface area contributed by atoms with Crippen LogP contribution in [0.25, 0.3) is 11.1 Å². The number of nitrogens with zero attached hydrogens (tertiary/aromatic N) is 2. The van der Waals surface area contributed by atoms with E-state index in [1.54, 1.807) is 22.8 Å². The van der Waals surface area contributed by atoms with Crippen molar-refractivity contribution in [2.24, 2.45) is 0 Å². The zero-order valence-corrected chi connectivity index (χ0v) is 14.0. The minimum absolute atomic E-state index is 0.315. The van der Waals surface area contributed by atoms with Crippen molar-refractivity contribution in [1.82, 2.24) is 4.57 Å². The van der Waals surface area contributed by atoms with Crippen LogP contribution >= 0.6 is 11.6 Å². The minimum atomic E-state index is -0.315. The zero-order valence-electron chi connectivity index (χ0n) is 13.2. The highest BCUT2D eigenvalue weighted by Gasteiger charge is 2.22. The molecule has 0 atom stereocenters. The largest absolute Gasteiger partial charge is 0.424 e. The lowest BCUT2D eigenvalue weighted by atomic mass is 10.2. The van der Waals surface area contributed by atoms with Crippen LogP contribution in [0.2, 0.25) is 5.02 Å². The molecule has 3 aromatic rings. The van der Waals surface area contributed by atoms with Crippen molar-refractivity contribution in [3.8, 4) is 0 Å². The Labute approximate surface area is 144 Å². The molecule has 1 aromatic heterocycles. The molecule has 0 saturated carbocycles. The van der Waals surface area contributed by atoms with E-state index >= 15 is 0 Å². The summed E-state index contributed by atoms with van der Waals surface area (Å²) in [6, 6.07) is 15.7. The molecule has 1 aliphatic heterocycles. The summed E-state index contributed by atoms with van der Waals surface area (Å²) in [7, 11) is 0. The molecular formula is C18H19ClN3O2+. The maximum atomic E-state index is 12.1. The number of oxazole rings is 1. The molecule has 0 unspecified atom stereocenters. The van der Waals surface area contributed by atoms with Crippen molar-refractivity contribution in [2.45, 2.75) is 6.67 Å². The van der Waals surface area contributed by atoms with Gasteiger partial charge in [-0.1, -0.05) is 29.8 Å². The Morgan fingerprint density at radius 2 is 1.83 bits per heavy atom. The number of quaternary nitrogens is 1. The lowest BCUT2D eigenvalue weighted by Crippen LogP contribution is -3.14. The van der Waals surface area contributed by atoms with Gasteiger partial charge in [0.15, 0.2) is 12.3 Å². The second-order valence-electron chi connectivity index (χ2n) is 6.14. The lowest BCUT2D eigenvalue weighted by Gasteiger charge is -2.33. The summed E-state index contributed by atoms with van der Waals surface area (Å²) in [5.74, 6) is -0.315. The Morgan fingerprint density at radius 3 is 2.58 bits per heavy atom. The van der Waals surface area contributed by atoms with E-state index in [9.17, 15) is 4.79 Å². The van der Waals surface area contributed by atoms with Crippen LogP contribution in [-0.4, -0.2) is 30.7 Å². The zero-order chi connectivity index (χ0) is 16.5. The molecule has 4 rings (SSSR count). The number of benzene rings is 2. The SMILES string of the molecule is O=c1oc2ccc(Cl)cc2n1C[NH+]1CCN(c2ccccc2)CC1. The topological polar surface area (TPSA) is 42.8 Å². The second-order valence-corrected chi connectivity index (χ2v) is 6.58.